The normalized spacial score (nSPS) is 12.6. The molecule has 0 aromatic heterocycles. The number of ether oxygens (including phenoxy) is 1. The highest BCUT2D eigenvalue weighted by Crippen LogP contribution is 2.15. The van der Waals surface area contributed by atoms with Crippen molar-refractivity contribution in [1.82, 2.24) is 10.2 Å². The van der Waals surface area contributed by atoms with Gasteiger partial charge >= 0.3 is 0 Å². The lowest BCUT2D eigenvalue weighted by Gasteiger charge is -2.37. The van der Waals surface area contributed by atoms with Gasteiger partial charge in [0.05, 0.1) is 18.7 Å². The lowest BCUT2D eigenvalue weighted by atomic mass is 9.96. The molecular formula is C14H28N2O3. The number of Topliss-reactive ketones (excluding diaryl/α,β-unsaturated/α-hetero) is 1. The molecule has 0 atom stereocenters. The van der Waals surface area contributed by atoms with Crippen LogP contribution < -0.4 is 5.32 Å². The third kappa shape index (κ3) is 6.68. The van der Waals surface area contributed by atoms with Crippen LogP contribution in [-0.2, 0) is 14.3 Å². The molecule has 0 spiro atoms. The lowest BCUT2D eigenvalue weighted by molar-refractivity contribution is -0.131. The van der Waals surface area contributed by atoms with E-state index in [1.54, 1.807) is 21.0 Å². The van der Waals surface area contributed by atoms with Crippen molar-refractivity contribution in [2.45, 2.75) is 52.6 Å². The van der Waals surface area contributed by atoms with Gasteiger partial charge in [-0.3, -0.25) is 14.5 Å². The van der Waals surface area contributed by atoms with Crippen molar-refractivity contribution in [3.63, 3.8) is 0 Å². The molecule has 0 fully saturated rings. The van der Waals surface area contributed by atoms with E-state index in [1.165, 1.54) is 6.92 Å². The molecule has 5 heteroatoms. The maximum atomic E-state index is 12.3. The molecule has 0 aromatic rings. The number of hydrogen-bond acceptors (Lipinski definition) is 4. The number of carbonyl (C=O) groups excluding carboxylic acids is 2. The molecule has 1 N–H and O–H groups in total. The van der Waals surface area contributed by atoms with Gasteiger partial charge < -0.3 is 10.1 Å². The van der Waals surface area contributed by atoms with E-state index in [4.69, 9.17) is 4.74 Å². The van der Waals surface area contributed by atoms with Crippen molar-refractivity contribution in [2.75, 3.05) is 26.8 Å². The quantitative estimate of drug-likeness (QED) is 0.757. The van der Waals surface area contributed by atoms with E-state index in [0.29, 0.717) is 19.7 Å². The Morgan fingerprint density at radius 3 is 2.05 bits per heavy atom. The lowest BCUT2D eigenvalue weighted by Crippen LogP contribution is -2.55. The smallest absolute Gasteiger partial charge is 0.217 e. The molecule has 0 aliphatic heterocycles. The Labute approximate surface area is 116 Å². The summed E-state index contributed by atoms with van der Waals surface area (Å²) in [5.41, 5.74) is -0.969. The minimum absolute atomic E-state index is 0.00581. The van der Waals surface area contributed by atoms with Crippen LogP contribution in [-0.4, -0.2) is 54.5 Å². The topological polar surface area (TPSA) is 58.6 Å². The second-order valence-corrected chi connectivity index (χ2v) is 6.31. The molecule has 0 aromatic carbocycles. The summed E-state index contributed by atoms with van der Waals surface area (Å²) >= 11 is 0. The van der Waals surface area contributed by atoms with Crippen molar-refractivity contribution < 1.29 is 14.3 Å². The van der Waals surface area contributed by atoms with Gasteiger partial charge in [0.2, 0.25) is 5.91 Å². The SMILES string of the molecule is COCCN(CC(=O)C(C)(C)NC(C)=O)C(C)(C)C. The van der Waals surface area contributed by atoms with Gasteiger partial charge in [-0.1, -0.05) is 0 Å². The number of ketones is 1. The Kier molecular flexibility index (Phi) is 6.66. The molecule has 5 nitrogen and oxygen atoms in total. The van der Waals surface area contributed by atoms with Crippen LogP contribution >= 0.6 is 0 Å². The standard InChI is InChI=1S/C14H28N2O3/c1-11(17)15-14(5,6)12(18)10-16(8-9-19-7)13(2,3)4/h8-10H2,1-7H3,(H,15,17). The summed E-state index contributed by atoms with van der Waals surface area (Å²) in [6.07, 6.45) is 0. The van der Waals surface area contributed by atoms with Gasteiger partial charge in [0.25, 0.3) is 0 Å². The molecule has 0 unspecified atom stereocenters. The van der Waals surface area contributed by atoms with Crippen LogP contribution in [0.15, 0.2) is 0 Å². The van der Waals surface area contributed by atoms with Crippen LogP contribution in [0.5, 0.6) is 0 Å². The second kappa shape index (κ2) is 7.01. The molecule has 112 valence electrons. The van der Waals surface area contributed by atoms with Crippen LogP contribution in [0.4, 0.5) is 0 Å². The van der Waals surface area contributed by atoms with E-state index >= 15 is 0 Å². The first-order chi connectivity index (χ1) is 8.50. The third-order valence-electron chi connectivity index (χ3n) is 3.03. The van der Waals surface area contributed by atoms with Crippen molar-refractivity contribution in [2.24, 2.45) is 0 Å². The van der Waals surface area contributed by atoms with E-state index in [2.05, 4.69) is 31.0 Å². The summed E-state index contributed by atoms with van der Waals surface area (Å²) in [5, 5.41) is 2.69. The van der Waals surface area contributed by atoms with E-state index in [-0.39, 0.29) is 17.2 Å². The van der Waals surface area contributed by atoms with Crippen molar-refractivity contribution >= 4 is 11.7 Å². The Morgan fingerprint density at radius 2 is 1.68 bits per heavy atom. The van der Waals surface area contributed by atoms with E-state index < -0.39 is 5.54 Å². The zero-order valence-corrected chi connectivity index (χ0v) is 13.3. The molecular weight excluding hydrogens is 244 g/mol. The number of hydrogen-bond donors (Lipinski definition) is 1. The number of carbonyl (C=O) groups is 2. The van der Waals surface area contributed by atoms with Crippen molar-refractivity contribution in [3.8, 4) is 0 Å². The summed E-state index contributed by atoms with van der Waals surface area (Å²) in [5.74, 6) is -0.203. The maximum Gasteiger partial charge on any atom is 0.217 e. The molecule has 19 heavy (non-hydrogen) atoms. The molecule has 0 aliphatic carbocycles. The predicted molar refractivity (Wildman–Crippen MR) is 76.1 cm³/mol. The fourth-order valence-corrected chi connectivity index (χ4v) is 1.73. The molecule has 0 heterocycles. The van der Waals surface area contributed by atoms with Gasteiger partial charge in [-0.15, -0.1) is 0 Å². The van der Waals surface area contributed by atoms with Gasteiger partial charge in [-0.05, 0) is 34.6 Å². The summed E-state index contributed by atoms with van der Waals surface area (Å²) in [7, 11) is 1.64. The maximum absolute atomic E-state index is 12.3. The van der Waals surface area contributed by atoms with Crippen molar-refractivity contribution in [3.05, 3.63) is 0 Å². The Bertz CT molecular complexity index is 319. The van der Waals surface area contributed by atoms with Crippen LogP contribution in [0.2, 0.25) is 0 Å². The Morgan fingerprint density at radius 1 is 1.16 bits per heavy atom. The molecule has 1 amide bonds. The fraction of sp³-hybridized carbons (Fsp3) is 0.857. The number of amides is 1. The van der Waals surface area contributed by atoms with Crippen LogP contribution in [0.1, 0.15) is 41.5 Å². The Balaban J connectivity index is 4.75. The van der Waals surface area contributed by atoms with Gasteiger partial charge in [0, 0.05) is 26.1 Å². The van der Waals surface area contributed by atoms with Gasteiger partial charge in [-0.25, -0.2) is 0 Å². The van der Waals surface area contributed by atoms with E-state index in [9.17, 15) is 9.59 Å². The molecule has 0 radical (unpaired) electrons. The number of nitrogens with zero attached hydrogens (tertiary/aromatic N) is 1. The Hall–Kier alpha value is -0.940. The minimum Gasteiger partial charge on any atom is -0.383 e. The summed E-state index contributed by atoms with van der Waals surface area (Å²) < 4.78 is 5.08. The zero-order valence-electron chi connectivity index (χ0n) is 13.3. The van der Waals surface area contributed by atoms with Crippen LogP contribution in [0, 0.1) is 0 Å². The first kappa shape index (κ1) is 18.1. The number of methoxy groups -OCH3 is 1. The first-order valence-corrected chi connectivity index (χ1v) is 6.56. The molecule has 0 aliphatic rings. The summed E-state index contributed by atoms with van der Waals surface area (Å²) in [6.45, 7) is 12.6. The number of nitrogens with one attached hydrogen (secondary N) is 1. The van der Waals surface area contributed by atoms with Gasteiger partial charge in [0.15, 0.2) is 5.78 Å². The predicted octanol–water partition coefficient (Wildman–Crippen LogP) is 1.22. The van der Waals surface area contributed by atoms with Gasteiger partial charge in [-0.2, -0.15) is 0 Å². The minimum atomic E-state index is -0.845. The molecule has 0 saturated heterocycles. The summed E-state index contributed by atoms with van der Waals surface area (Å²) in [6, 6.07) is 0. The average Bonchev–Trinajstić information content (AvgIpc) is 2.20. The van der Waals surface area contributed by atoms with Crippen LogP contribution in [0.25, 0.3) is 0 Å². The van der Waals surface area contributed by atoms with Crippen molar-refractivity contribution in [1.29, 1.82) is 0 Å². The highest BCUT2D eigenvalue weighted by Gasteiger charge is 2.32. The monoisotopic (exact) mass is 272 g/mol. The van der Waals surface area contributed by atoms with E-state index in [1.807, 2.05) is 0 Å². The average molecular weight is 272 g/mol. The highest BCUT2D eigenvalue weighted by molar-refractivity contribution is 5.93. The molecule has 0 rings (SSSR count). The van der Waals surface area contributed by atoms with E-state index in [0.717, 1.165) is 0 Å². The zero-order chi connectivity index (χ0) is 15.3. The first-order valence-electron chi connectivity index (χ1n) is 6.56. The summed E-state index contributed by atoms with van der Waals surface area (Å²) in [4.78, 5) is 25.5. The molecule has 0 saturated carbocycles. The molecule has 0 bridgehead atoms. The fourth-order valence-electron chi connectivity index (χ4n) is 1.73. The van der Waals surface area contributed by atoms with Crippen LogP contribution in [0.3, 0.4) is 0 Å². The third-order valence-corrected chi connectivity index (χ3v) is 3.03. The second-order valence-electron chi connectivity index (χ2n) is 6.31. The highest BCUT2D eigenvalue weighted by atomic mass is 16.5. The van der Waals surface area contributed by atoms with Gasteiger partial charge in [0.1, 0.15) is 0 Å². The largest absolute Gasteiger partial charge is 0.383 e. The number of rotatable bonds is 7.